The molecule has 1 unspecified atom stereocenters. The van der Waals surface area contributed by atoms with Gasteiger partial charge in [0.1, 0.15) is 0 Å². The number of carbonyl (C=O) groups excluding carboxylic acids is 1. The van der Waals surface area contributed by atoms with Crippen molar-refractivity contribution >= 4 is 23.6 Å². The van der Waals surface area contributed by atoms with E-state index in [2.05, 4.69) is 32.4 Å². The zero-order valence-electron chi connectivity index (χ0n) is 13.8. The highest BCUT2D eigenvalue weighted by atomic mass is 32.2. The average molecular weight is 335 g/mol. The number of aliphatic imine (C=N–C) groups is 1. The molecule has 0 radical (unpaired) electrons. The predicted molar refractivity (Wildman–Crippen MR) is 96.0 cm³/mol. The molecule has 1 aromatic heterocycles. The summed E-state index contributed by atoms with van der Waals surface area (Å²) in [6, 6.07) is 3.51. The number of hydrogen-bond acceptors (Lipinski definition) is 4. The van der Waals surface area contributed by atoms with Gasteiger partial charge in [-0.05, 0) is 18.6 Å². The molecule has 1 saturated heterocycles. The van der Waals surface area contributed by atoms with Crippen LogP contribution in [-0.4, -0.2) is 66.0 Å². The Kier molecular flexibility index (Phi) is 7.19. The second-order valence-electron chi connectivity index (χ2n) is 5.32. The van der Waals surface area contributed by atoms with Crippen LogP contribution in [0.25, 0.3) is 0 Å². The van der Waals surface area contributed by atoms with Crippen molar-refractivity contribution in [2.75, 3.05) is 39.0 Å². The fourth-order valence-electron chi connectivity index (χ4n) is 2.44. The van der Waals surface area contributed by atoms with E-state index < -0.39 is 0 Å². The van der Waals surface area contributed by atoms with Crippen LogP contribution in [0.5, 0.6) is 0 Å². The molecule has 0 aromatic carbocycles. The summed E-state index contributed by atoms with van der Waals surface area (Å²) >= 11 is 2.04. The standard InChI is InChI=1S/C16H25N5OS/c1-3-14-12-21(9-10-23-14)16(17-2)20-8-7-19-15(22)13-5-4-6-18-11-13/h4-6,11,14H,3,7-10,12H2,1-2H3,(H,17,20)(H,19,22). The van der Waals surface area contributed by atoms with Crippen molar-refractivity contribution in [2.45, 2.75) is 18.6 Å². The first-order chi connectivity index (χ1) is 11.2. The number of nitrogens with one attached hydrogen (secondary N) is 2. The molecule has 23 heavy (non-hydrogen) atoms. The molecule has 6 nitrogen and oxygen atoms in total. The van der Waals surface area contributed by atoms with Gasteiger partial charge < -0.3 is 15.5 Å². The molecule has 1 fully saturated rings. The number of carbonyl (C=O) groups is 1. The van der Waals surface area contributed by atoms with Crippen LogP contribution in [0.15, 0.2) is 29.5 Å². The van der Waals surface area contributed by atoms with Crippen LogP contribution >= 0.6 is 11.8 Å². The zero-order valence-corrected chi connectivity index (χ0v) is 14.6. The highest BCUT2D eigenvalue weighted by Crippen LogP contribution is 2.20. The largest absolute Gasteiger partial charge is 0.354 e. The highest BCUT2D eigenvalue weighted by Gasteiger charge is 2.21. The number of guanidine groups is 1. The van der Waals surface area contributed by atoms with E-state index in [1.54, 1.807) is 31.6 Å². The van der Waals surface area contributed by atoms with Gasteiger partial charge in [0.2, 0.25) is 0 Å². The van der Waals surface area contributed by atoms with Crippen molar-refractivity contribution in [1.29, 1.82) is 0 Å². The molecule has 0 saturated carbocycles. The lowest BCUT2D eigenvalue weighted by Crippen LogP contribution is -2.49. The second-order valence-corrected chi connectivity index (χ2v) is 6.73. The first kappa shape index (κ1) is 17.6. The topological polar surface area (TPSA) is 69.6 Å². The highest BCUT2D eigenvalue weighted by molar-refractivity contribution is 8.00. The molecular formula is C16H25N5OS. The molecule has 1 amide bonds. The van der Waals surface area contributed by atoms with Crippen LogP contribution in [0.2, 0.25) is 0 Å². The maximum atomic E-state index is 11.9. The van der Waals surface area contributed by atoms with Crippen molar-refractivity contribution in [3.8, 4) is 0 Å². The molecule has 1 atom stereocenters. The molecule has 0 aliphatic carbocycles. The lowest BCUT2D eigenvalue weighted by Gasteiger charge is -2.34. The number of amides is 1. The Balaban J connectivity index is 1.73. The van der Waals surface area contributed by atoms with Crippen LogP contribution < -0.4 is 10.6 Å². The second kappa shape index (κ2) is 9.39. The number of thioether (sulfide) groups is 1. The molecule has 2 heterocycles. The molecule has 126 valence electrons. The molecule has 1 aromatic rings. The lowest BCUT2D eigenvalue weighted by molar-refractivity contribution is 0.0954. The van der Waals surface area contributed by atoms with Gasteiger partial charge in [-0.25, -0.2) is 0 Å². The fourth-order valence-corrected chi connectivity index (χ4v) is 3.62. The number of hydrogen-bond donors (Lipinski definition) is 2. The minimum absolute atomic E-state index is 0.102. The van der Waals surface area contributed by atoms with Crippen molar-refractivity contribution < 1.29 is 4.79 Å². The summed E-state index contributed by atoms with van der Waals surface area (Å²) < 4.78 is 0. The van der Waals surface area contributed by atoms with E-state index in [1.165, 1.54) is 6.42 Å². The number of aromatic nitrogens is 1. The Hall–Kier alpha value is -1.76. The summed E-state index contributed by atoms with van der Waals surface area (Å²) in [5.74, 6) is 1.95. The minimum atomic E-state index is -0.102. The average Bonchev–Trinajstić information content (AvgIpc) is 2.62. The normalized spacial score (nSPS) is 18.6. The van der Waals surface area contributed by atoms with E-state index in [9.17, 15) is 4.79 Å². The number of pyridine rings is 1. The minimum Gasteiger partial charge on any atom is -0.354 e. The van der Waals surface area contributed by atoms with Gasteiger partial charge in [-0.2, -0.15) is 11.8 Å². The summed E-state index contributed by atoms with van der Waals surface area (Å²) in [4.78, 5) is 22.5. The fraction of sp³-hybridized carbons (Fsp3) is 0.562. The Morgan fingerprint density at radius 1 is 1.48 bits per heavy atom. The van der Waals surface area contributed by atoms with E-state index in [0.717, 1.165) is 24.8 Å². The van der Waals surface area contributed by atoms with Gasteiger partial charge in [0.05, 0.1) is 5.56 Å². The third-order valence-electron chi connectivity index (χ3n) is 3.72. The Bertz CT molecular complexity index is 522. The molecule has 0 spiro atoms. The van der Waals surface area contributed by atoms with Crippen LogP contribution in [0.3, 0.4) is 0 Å². The van der Waals surface area contributed by atoms with Crippen LogP contribution in [0.1, 0.15) is 23.7 Å². The zero-order chi connectivity index (χ0) is 16.5. The third kappa shape index (κ3) is 5.42. The van der Waals surface area contributed by atoms with E-state index in [-0.39, 0.29) is 5.91 Å². The Morgan fingerprint density at radius 2 is 2.30 bits per heavy atom. The van der Waals surface area contributed by atoms with E-state index in [4.69, 9.17) is 0 Å². The molecule has 7 heteroatoms. The third-order valence-corrected chi connectivity index (χ3v) is 5.09. The molecule has 2 rings (SSSR count). The SMILES string of the molecule is CCC1CN(C(=NC)NCCNC(=O)c2cccnc2)CCS1. The summed E-state index contributed by atoms with van der Waals surface area (Å²) in [5.41, 5.74) is 0.579. The monoisotopic (exact) mass is 335 g/mol. The van der Waals surface area contributed by atoms with Crippen molar-refractivity contribution in [3.05, 3.63) is 30.1 Å². The van der Waals surface area contributed by atoms with E-state index in [0.29, 0.717) is 23.9 Å². The maximum absolute atomic E-state index is 11.9. The van der Waals surface area contributed by atoms with Crippen LogP contribution in [-0.2, 0) is 0 Å². The Labute approximate surface area is 142 Å². The molecule has 0 bridgehead atoms. The van der Waals surface area contributed by atoms with Gasteiger partial charge in [0.25, 0.3) is 5.91 Å². The van der Waals surface area contributed by atoms with E-state index in [1.807, 2.05) is 11.8 Å². The summed E-state index contributed by atoms with van der Waals surface area (Å²) in [5, 5.41) is 6.88. The molecule has 2 N–H and O–H groups in total. The van der Waals surface area contributed by atoms with Gasteiger partial charge in [-0.3, -0.25) is 14.8 Å². The first-order valence-corrected chi connectivity index (χ1v) is 9.05. The quantitative estimate of drug-likeness (QED) is 0.481. The summed E-state index contributed by atoms with van der Waals surface area (Å²) in [6.07, 6.45) is 4.40. The number of nitrogens with zero attached hydrogens (tertiary/aromatic N) is 3. The lowest BCUT2D eigenvalue weighted by atomic mass is 10.3. The molecular weight excluding hydrogens is 310 g/mol. The van der Waals surface area contributed by atoms with Crippen LogP contribution in [0.4, 0.5) is 0 Å². The van der Waals surface area contributed by atoms with Gasteiger partial charge >= 0.3 is 0 Å². The number of rotatable bonds is 5. The summed E-state index contributed by atoms with van der Waals surface area (Å²) in [7, 11) is 1.80. The van der Waals surface area contributed by atoms with Gasteiger partial charge in [0.15, 0.2) is 5.96 Å². The smallest absolute Gasteiger partial charge is 0.252 e. The van der Waals surface area contributed by atoms with Gasteiger partial charge in [0, 0.05) is 56.6 Å². The van der Waals surface area contributed by atoms with Crippen LogP contribution in [0, 0.1) is 0 Å². The van der Waals surface area contributed by atoms with E-state index >= 15 is 0 Å². The molecule has 1 aliphatic heterocycles. The first-order valence-electron chi connectivity index (χ1n) is 8.00. The Morgan fingerprint density at radius 3 is 3.00 bits per heavy atom. The van der Waals surface area contributed by atoms with Crippen molar-refractivity contribution in [1.82, 2.24) is 20.5 Å². The van der Waals surface area contributed by atoms with Gasteiger partial charge in [-0.1, -0.05) is 6.92 Å². The maximum Gasteiger partial charge on any atom is 0.252 e. The summed E-state index contributed by atoms with van der Waals surface area (Å²) in [6.45, 7) is 5.47. The van der Waals surface area contributed by atoms with Crippen molar-refractivity contribution in [2.24, 2.45) is 4.99 Å². The van der Waals surface area contributed by atoms with Gasteiger partial charge in [-0.15, -0.1) is 0 Å². The molecule has 1 aliphatic rings. The van der Waals surface area contributed by atoms with Crippen molar-refractivity contribution in [3.63, 3.8) is 0 Å². The predicted octanol–water partition coefficient (Wildman–Crippen LogP) is 1.21.